The Balaban J connectivity index is 1.62. The molecule has 1 saturated heterocycles. The minimum absolute atomic E-state index is 0.102. The molecule has 1 N–H and O–H groups in total. The highest BCUT2D eigenvalue weighted by Crippen LogP contribution is 2.24. The van der Waals surface area contributed by atoms with Gasteiger partial charge in [-0.2, -0.15) is 4.31 Å². The maximum Gasteiger partial charge on any atom is 0.251 e. The molecule has 8 heteroatoms. The van der Waals surface area contributed by atoms with Gasteiger partial charge in [0.25, 0.3) is 5.91 Å². The van der Waals surface area contributed by atoms with E-state index in [1.807, 2.05) is 38.1 Å². The van der Waals surface area contributed by atoms with Gasteiger partial charge < -0.3 is 10.1 Å². The number of ether oxygens (including phenoxy) is 1. The number of hydrogen-bond acceptors (Lipinski definition) is 4. The Morgan fingerprint density at radius 3 is 2.43 bits per heavy atom. The first kappa shape index (κ1) is 22.2. The highest BCUT2D eigenvalue weighted by atomic mass is 32.2. The Morgan fingerprint density at radius 2 is 1.80 bits per heavy atom. The molecule has 0 saturated carbocycles. The molecule has 6 nitrogen and oxygen atoms in total. The molecule has 1 aliphatic heterocycles. The molecule has 0 aromatic heterocycles. The Hall–Kier alpha value is -2.45. The monoisotopic (exact) mass is 434 g/mol. The molecule has 1 amide bonds. The third kappa shape index (κ3) is 5.37. The summed E-state index contributed by atoms with van der Waals surface area (Å²) >= 11 is 0. The Bertz CT molecular complexity index is 985. The van der Waals surface area contributed by atoms with Crippen LogP contribution in [-0.2, 0) is 16.4 Å². The quantitative estimate of drug-likeness (QED) is 0.691. The first-order chi connectivity index (χ1) is 14.3. The molecule has 0 spiro atoms. The van der Waals surface area contributed by atoms with Gasteiger partial charge >= 0.3 is 0 Å². The number of nitrogens with zero attached hydrogens (tertiary/aromatic N) is 1. The van der Waals surface area contributed by atoms with Gasteiger partial charge in [-0.15, -0.1) is 0 Å². The average Bonchev–Trinajstić information content (AvgIpc) is 3.25. The van der Waals surface area contributed by atoms with E-state index in [0.29, 0.717) is 26.1 Å². The number of sulfonamides is 1. The van der Waals surface area contributed by atoms with E-state index in [-0.39, 0.29) is 11.7 Å². The number of rotatable bonds is 8. The topological polar surface area (TPSA) is 75.7 Å². The molecule has 0 radical (unpaired) electrons. The zero-order valence-corrected chi connectivity index (χ0v) is 18.0. The number of amides is 1. The van der Waals surface area contributed by atoms with E-state index in [4.69, 9.17) is 4.74 Å². The number of hydrogen-bond donors (Lipinski definition) is 1. The van der Waals surface area contributed by atoms with Gasteiger partial charge in [0.05, 0.1) is 6.10 Å². The van der Waals surface area contributed by atoms with Gasteiger partial charge in [-0.05, 0) is 69.0 Å². The van der Waals surface area contributed by atoms with Crippen molar-refractivity contribution in [3.63, 3.8) is 0 Å². The second-order valence-corrected chi connectivity index (χ2v) is 9.48. The summed E-state index contributed by atoms with van der Waals surface area (Å²) in [5.74, 6) is -0.495. The van der Waals surface area contributed by atoms with Crippen LogP contribution in [0.2, 0.25) is 0 Å². The predicted molar refractivity (Wildman–Crippen MR) is 113 cm³/mol. The molecule has 1 fully saturated rings. The second-order valence-electron chi connectivity index (χ2n) is 7.57. The molecule has 3 rings (SSSR count). The number of carbonyl (C=O) groups is 1. The van der Waals surface area contributed by atoms with E-state index in [2.05, 4.69) is 5.32 Å². The molecule has 0 atom stereocenters. The normalized spacial score (nSPS) is 14.8. The summed E-state index contributed by atoms with van der Waals surface area (Å²) in [7, 11) is -3.94. The van der Waals surface area contributed by atoms with Gasteiger partial charge in [-0.25, -0.2) is 12.8 Å². The van der Waals surface area contributed by atoms with Crippen LogP contribution in [0.4, 0.5) is 4.39 Å². The van der Waals surface area contributed by atoms with Crippen LogP contribution in [-0.4, -0.2) is 44.4 Å². The highest BCUT2D eigenvalue weighted by Gasteiger charge is 2.30. The largest absolute Gasteiger partial charge is 0.491 e. The molecule has 1 aliphatic rings. The molecule has 0 unspecified atom stereocenters. The van der Waals surface area contributed by atoms with E-state index in [9.17, 15) is 17.6 Å². The van der Waals surface area contributed by atoms with E-state index in [1.165, 1.54) is 10.4 Å². The maximum absolute atomic E-state index is 14.2. The molecule has 0 aliphatic carbocycles. The van der Waals surface area contributed by atoms with Crippen molar-refractivity contribution >= 4 is 15.9 Å². The average molecular weight is 435 g/mol. The lowest BCUT2D eigenvalue weighted by molar-refractivity contribution is 0.0954. The molecule has 1 heterocycles. The van der Waals surface area contributed by atoms with Gasteiger partial charge in [0, 0.05) is 25.2 Å². The molecule has 2 aromatic carbocycles. The van der Waals surface area contributed by atoms with Gasteiger partial charge in [-0.3, -0.25) is 4.79 Å². The summed E-state index contributed by atoms with van der Waals surface area (Å²) in [4.78, 5) is 12.0. The van der Waals surface area contributed by atoms with Crippen LogP contribution in [0.5, 0.6) is 5.75 Å². The van der Waals surface area contributed by atoms with E-state index in [1.54, 1.807) is 0 Å². The van der Waals surface area contributed by atoms with Crippen LogP contribution in [0, 0.1) is 5.82 Å². The smallest absolute Gasteiger partial charge is 0.251 e. The summed E-state index contributed by atoms with van der Waals surface area (Å²) in [6.07, 6.45) is 2.22. The Kier molecular flexibility index (Phi) is 7.10. The van der Waals surface area contributed by atoms with Gasteiger partial charge in [-0.1, -0.05) is 12.1 Å². The molecule has 162 valence electrons. The lowest BCUT2D eigenvalue weighted by Gasteiger charge is -2.16. The van der Waals surface area contributed by atoms with E-state index < -0.39 is 26.6 Å². The van der Waals surface area contributed by atoms with Crippen molar-refractivity contribution in [1.29, 1.82) is 0 Å². The van der Waals surface area contributed by atoms with Crippen molar-refractivity contribution in [1.82, 2.24) is 9.62 Å². The molecular formula is C22H27FN2O4S. The van der Waals surface area contributed by atoms with Crippen molar-refractivity contribution in [3.05, 3.63) is 59.4 Å². The molecule has 0 bridgehead atoms. The van der Waals surface area contributed by atoms with Crippen molar-refractivity contribution < 1.29 is 22.3 Å². The minimum atomic E-state index is -3.94. The van der Waals surface area contributed by atoms with Crippen LogP contribution in [0.3, 0.4) is 0 Å². The van der Waals surface area contributed by atoms with Crippen molar-refractivity contribution in [2.24, 2.45) is 0 Å². The van der Waals surface area contributed by atoms with Gasteiger partial charge in [0.2, 0.25) is 10.0 Å². The maximum atomic E-state index is 14.2. The summed E-state index contributed by atoms with van der Waals surface area (Å²) in [5, 5.41) is 2.76. The summed E-state index contributed by atoms with van der Waals surface area (Å²) < 4.78 is 46.4. The van der Waals surface area contributed by atoms with Crippen LogP contribution < -0.4 is 10.1 Å². The molecular weight excluding hydrogens is 407 g/mol. The fraction of sp³-hybridized carbons (Fsp3) is 0.409. The first-order valence-electron chi connectivity index (χ1n) is 10.1. The van der Waals surface area contributed by atoms with Crippen LogP contribution >= 0.6 is 0 Å². The zero-order valence-electron chi connectivity index (χ0n) is 17.2. The van der Waals surface area contributed by atoms with Crippen LogP contribution in [0.1, 0.15) is 42.6 Å². The number of benzene rings is 2. The van der Waals surface area contributed by atoms with Crippen molar-refractivity contribution in [2.75, 3.05) is 19.6 Å². The van der Waals surface area contributed by atoms with Crippen molar-refractivity contribution in [3.8, 4) is 5.75 Å². The number of carbonyl (C=O) groups excluding carboxylic acids is 1. The fourth-order valence-electron chi connectivity index (χ4n) is 3.34. The third-order valence-corrected chi connectivity index (χ3v) is 6.78. The van der Waals surface area contributed by atoms with E-state index >= 15 is 0 Å². The van der Waals surface area contributed by atoms with Gasteiger partial charge in [0.15, 0.2) is 0 Å². The number of halogens is 1. The lowest BCUT2D eigenvalue weighted by Crippen LogP contribution is -2.30. The Labute approximate surface area is 177 Å². The molecule has 2 aromatic rings. The van der Waals surface area contributed by atoms with Crippen LogP contribution in [0.25, 0.3) is 0 Å². The molecule has 30 heavy (non-hydrogen) atoms. The third-order valence-electron chi connectivity index (χ3n) is 4.87. The number of nitrogens with one attached hydrogen (secondary N) is 1. The van der Waals surface area contributed by atoms with E-state index in [0.717, 1.165) is 36.3 Å². The van der Waals surface area contributed by atoms with Crippen LogP contribution in [0.15, 0.2) is 47.4 Å². The van der Waals surface area contributed by atoms with Crippen molar-refractivity contribution in [2.45, 2.75) is 44.1 Å². The summed E-state index contributed by atoms with van der Waals surface area (Å²) in [5.41, 5.74) is 1.15. The summed E-state index contributed by atoms with van der Waals surface area (Å²) in [6.45, 7) is 5.04. The van der Waals surface area contributed by atoms with Gasteiger partial charge in [0.1, 0.15) is 16.5 Å². The minimum Gasteiger partial charge on any atom is -0.491 e. The fourth-order valence-corrected chi connectivity index (χ4v) is 4.95. The highest BCUT2D eigenvalue weighted by molar-refractivity contribution is 7.89. The predicted octanol–water partition coefficient (Wildman–Crippen LogP) is 3.37. The lowest BCUT2D eigenvalue weighted by atomic mass is 10.1. The second kappa shape index (κ2) is 9.57. The zero-order chi connectivity index (χ0) is 21.7. The Morgan fingerprint density at radius 1 is 1.13 bits per heavy atom. The standard InChI is InChI=1S/C22H27FN2O4S/c1-16(2)29-19-8-5-17(6-9-19)11-12-24-22(26)18-7-10-20(23)21(15-18)30(27,28)25-13-3-4-14-25/h5-10,15-16H,3-4,11-14H2,1-2H3,(H,24,26). The SMILES string of the molecule is CC(C)Oc1ccc(CCNC(=O)c2ccc(F)c(S(=O)(=O)N3CCCC3)c2)cc1. The first-order valence-corrected chi connectivity index (χ1v) is 11.5. The summed E-state index contributed by atoms with van der Waals surface area (Å²) in [6, 6.07) is 11.1.